The van der Waals surface area contributed by atoms with Crippen LogP contribution < -0.4 is 5.32 Å². The maximum Gasteiger partial charge on any atom is 0.419 e. The molecule has 10 heteroatoms. The first-order valence-corrected chi connectivity index (χ1v) is 9.07. The molecule has 0 spiro atoms. The van der Waals surface area contributed by atoms with Gasteiger partial charge in [-0.25, -0.2) is 14.8 Å². The molecule has 1 amide bonds. The summed E-state index contributed by atoms with van der Waals surface area (Å²) in [5, 5.41) is 2.91. The van der Waals surface area contributed by atoms with Crippen molar-refractivity contribution < 1.29 is 27.4 Å². The number of anilines is 1. The van der Waals surface area contributed by atoms with Gasteiger partial charge in [0.2, 0.25) is 5.95 Å². The summed E-state index contributed by atoms with van der Waals surface area (Å²) in [6, 6.07) is -0.391. The van der Waals surface area contributed by atoms with Gasteiger partial charge in [-0.1, -0.05) is 0 Å². The minimum atomic E-state index is -4.50. The second-order valence-corrected chi connectivity index (χ2v) is 7.92. The van der Waals surface area contributed by atoms with Crippen LogP contribution in [0.25, 0.3) is 0 Å². The molecule has 2 heterocycles. The third-order valence-corrected chi connectivity index (χ3v) is 4.23. The van der Waals surface area contributed by atoms with E-state index in [9.17, 15) is 18.0 Å². The van der Waals surface area contributed by atoms with Gasteiger partial charge in [0.05, 0.1) is 36.1 Å². The van der Waals surface area contributed by atoms with Gasteiger partial charge in [-0.15, -0.1) is 0 Å². The predicted molar refractivity (Wildman–Crippen MR) is 97.0 cm³/mol. The highest BCUT2D eigenvalue weighted by Crippen LogP contribution is 2.30. The zero-order valence-corrected chi connectivity index (χ0v) is 16.9. The van der Waals surface area contributed by atoms with E-state index in [1.807, 2.05) is 13.8 Å². The van der Waals surface area contributed by atoms with Crippen molar-refractivity contribution in [2.45, 2.75) is 71.6 Å². The van der Waals surface area contributed by atoms with Crippen LogP contribution in [0.2, 0.25) is 0 Å². The van der Waals surface area contributed by atoms with Gasteiger partial charge in [0.15, 0.2) is 0 Å². The average Bonchev–Trinajstić information content (AvgIpc) is 2.50. The molecule has 2 rings (SSSR count). The highest BCUT2D eigenvalue weighted by atomic mass is 19.4. The van der Waals surface area contributed by atoms with Crippen LogP contribution >= 0.6 is 0 Å². The smallest absolute Gasteiger partial charge is 0.419 e. The van der Waals surface area contributed by atoms with E-state index >= 15 is 0 Å². The van der Waals surface area contributed by atoms with E-state index in [1.54, 1.807) is 25.7 Å². The fourth-order valence-corrected chi connectivity index (χ4v) is 3.00. The van der Waals surface area contributed by atoms with E-state index in [2.05, 4.69) is 15.3 Å². The molecule has 0 bridgehead atoms. The molecule has 1 saturated heterocycles. The lowest BCUT2D eigenvalue weighted by atomic mass is 10.1. The Labute approximate surface area is 162 Å². The topological polar surface area (TPSA) is 76.6 Å². The molecule has 3 atom stereocenters. The summed E-state index contributed by atoms with van der Waals surface area (Å²) in [7, 11) is 0. The molecule has 0 aliphatic carbocycles. The first-order valence-electron chi connectivity index (χ1n) is 9.07. The highest BCUT2D eigenvalue weighted by molar-refractivity contribution is 5.69. The molecule has 1 aliphatic heterocycles. The predicted octanol–water partition coefficient (Wildman–Crippen LogP) is 3.63. The van der Waals surface area contributed by atoms with Gasteiger partial charge in [0, 0.05) is 12.7 Å². The maximum atomic E-state index is 12.8. The van der Waals surface area contributed by atoms with Crippen molar-refractivity contribution >= 4 is 12.0 Å². The SMILES string of the molecule is Cc1nc(NC[C@@H]2[C@H](C)O[C@H](C)CN2C(=O)OC(C)(C)C)ncc1C(F)(F)F. The van der Waals surface area contributed by atoms with Crippen molar-refractivity contribution in [1.82, 2.24) is 14.9 Å². The summed E-state index contributed by atoms with van der Waals surface area (Å²) in [6.07, 6.45) is -4.69. The molecule has 7 nitrogen and oxygen atoms in total. The Kier molecular flexibility index (Phi) is 6.42. The number of carbonyl (C=O) groups excluding carboxylic acids is 1. The molecule has 1 aliphatic rings. The lowest BCUT2D eigenvalue weighted by molar-refractivity contribution is -0.138. The normalized spacial score (nSPS) is 23.5. The first-order chi connectivity index (χ1) is 12.8. The quantitative estimate of drug-likeness (QED) is 0.829. The number of carbonyl (C=O) groups is 1. The summed E-state index contributed by atoms with van der Waals surface area (Å²) in [4.78, 5) is 21.8. The number of aromatic nitrogens is 2. The molecule has 1 fully saturated rings. The van der Waals surface area contributed by atoms with Gasteiger partial charge < -0.3 is 14.8 Å². The first kappa shape index (κ1) is 22.2. The van der Waals surface area contributed by atoms with Crippen molar-refractivity contribution in [3.63, 3.8) is 0 Å². The van der Waals surface area contributed by atoms with Crippen LogP contribution in [-0.4, -0.2) is 57.9 Å². The second-order valence-electron chi connectivity index (χ2n) is 7.92. The third kappa shape index (κ3) is 5.70. The zero-order valence-electron chi connectivity index (χ0n) is 16.9. The summed E-state index contributed by atoms with van der Waals surface area (Å²) in [6.45, 7) is 10.9. The minimum Gasteiger partial charge on any atom is -0.444 e. The van der Waals surface area contributed by atoms with Crippen molar-refractivity contribution in [3.05, 3.63) is 17.5 Å². The summed E-state index contributed by atoms with van der Waals surface area (Å²) < 4.78 is 49.8. The molecule has 28 heavy (non-hydrogen) atoms. The van der Waals surface area contributed by atoms with Crippen LogP contribution in [-0.2, 0) is 15.7 Å². The van der Waals surface area contributed by atoms with E-state index in [0.717, 1.165) is 6.20 Å². The lowest BCUT2D eigenvalue weighted by Crippen LogP contribution is -2.58. The molecule has 0 saturated carbocycles. The Morgan fingerprint density at radius 1 is 1.36 bits per heavy atom. The van der Waals surface area contributed by atoms with Crippen molar-refractivity contribution in [1.29, 1.82) is 0 Å². The molecule has 158 valence electrons. The summed E-state index contributed by atoms with van der Waals surface area (Å²) in [5.74, 6) is 0.0560. The van der Waals surface area contributed by atoms with Crippen molar-refractivity contribution in [2.75, 3.05) is 18.4 Å². The van der Waals surface area contributed by atoms with Gasteiger partial charge >= 0.3 is 12.3 Å². The fraction of sp³-hybridized carbons (Fsp3) is 0.722. The van der Waals surface area contributed by atoms with Gasteiger partial charge in [-0.2, -0.15) is 13.2 Å². The van der Waals surface area contributed by atoms with Crippen LogP contribution in [0, 0.1) is 6.92 Å². The van der Waals surface area contributed by atoms with Crippen LogP contribution in [0.1, 0.15) is 45.9 Å². The number of hydrogen-bond acceptors (Lipinski definition) is 6. The number of rotatable bonds is 3. The largest absolute Gasteiger partial charge is 0.444 e. The van der Waals surface area contributed by atoms with Crippen molar-refractivity contribution in [3.8, 4) is 0 Å². The van der Waals surface area contributed by atoms with E-state index in [1.165, 1.54) is 6.92 Å². The van der Waals surface area contributed by atoms with E-state index in [-0.39, 0.29) is 30.4 Å². The Balaban J connectivity index is 2.13. The molecular formula is C18H27F3N4O3. The Bertz CT molecular complexity index is 706. The standard InChI is InChI=1S/C18H27F3N4O3/c1-10-9-25(16(26)28-17(4,5)6)14(12(3)27-10)8-23-15-22-7-13(11(2)24-15)18(19,20)21/h7,10,12,14H,8-9H2,1-6H3,(H,22,23,24)/t10-,12+,14-/m1/s1. The number of morpholine rings is 1. The number of halogens is 3. The lowest BCUT2D eigenvalue weighted by Gasteiger charge is -2.43. The van der Waals surface area contributed by atoms with Crippen LogP contribution in [0.15, 0.2) is 6.20 Å². The number of aryl methyl sites for hydroxylation is 1. The number of nitrogens with zero attached hydrogens (tertiary/aromatic N) is 3. The molecule has 1 N–H and O–H groups in total. The fourth-order valence-electron chi connectivity index (χ4n) is 3.00. The van der Waals surface area contributed by atoms with Gasteiger partial charge in [-0.05, 0) is 41.5 Å². The maximum absolute atomic E-state index is 12.8. The molecular weight excluding hydrogens is 377 g/mol. The molecule has 0 aromatic carbocycles. The monoisotopic (exact) mass is 404 g/mol. The Morgan fingerprint density at radius 2 is 2.00 bits per heavy atom. The van der Waals surface area contributed by atoms with Crippen LogP contribution in [0.5, 0.6) is 0 Å². The Morgan fingerprint density at radius 3 is 2.54 bits per heavy atom. The average molecular weight is 404 g/mol. The highest BCUT2D eigenvalue weighted by Gasteiger charge is 2.38. The Hall–Kier alpha value is -2.10. The summed E-state index contributed by atoms with van der Waals surface area (Å²) >= 11 is 0. The summed E-state index contributed by atoms with van der Waals surface area (Å²) in [5.41, 5.74) is -1.69. The zero-order chi connectivity index (χ0) is 21.3. The molecule has 0 radical (unpaired) electrons. The van der Waals surface area contributed by atoms with E-state index in [0.29, 0.717) is 6.54 Å². The molecule has 0 unspecified atom stereocenters. The number of amides is 1. The molecule has 1 aromatic heterocycles. The van der Waals surface area contributed by atoms with Crippen LogP contribution in [0.3, 0.4) is 0 Å². The number of ether oxygens (including phenoxy) is 2. The second kappa shape index (κ2) is 8.10. The number of hydrogen-bond donors (Lipinski definition) is 1. The van der Waals surface area contributed by atoms with E-state index in [4.69, 9.17) is 9.47 Å². The van der Waals surface area contributed by atoms with Gasteiger partial charge in [0.25, 0.3) is 0 Å². The van der Waals surface area contributed by atoms with Gasteiger partial charge in [0.1, 0.15) is 5.60 Å². The number of nitrogens with one attached hydrogen (secondary N) is 1. The van der Waals surface area contributed by atoms with Crippen molar-refractivity contribution in [2.24, 2.45) is 0 Å². The molecule has 1 aromatic rings. The van der Waals surface area contributed by atoms with E-state index < -0.39 is 29.5 Å². The van der Waals surface area contributed by atoms with Crippen LogP contribution in [0.4, 0.5) is 23.9 Å². The minimum absolute atomic E-state index is 0.0560. The third-order valence-electron chi connectivity index (χ3n) is 4.23. The van der Waals surface area contributed by atoms with Gasteiger partial charge in [-0.3, -0.25) is 4.90 Å². The number of alkyl halides is 3.